The highest BCUT2D eigenvalue weighted by atomic mass is 16.3. The Balaban J connectivity index is 1.66. The molecule has 2 aromatic carbocycles. The van der Waals surface area contributed by atoms with E-state index in [-0.39, 0.29) is 30.4 Å². The van der Waals surface area contributed by atoms with Crippen molar-refractivity contribution in [3.05, 3.63) is 59.7 Å². The average molecular weight is 378 g/mol. The fourth-order valence-corrected chi connectivity index (χ4v) is 5.12. The van der Waals surface area contributed by atoms with Crippen LogP contribution in [0.25, 0.3) is 11.1 Å². The van der Waals surface area contributed by atoms with Gasteiger partial charge in [-0.05, 0) is 29.2 Å². The van der Waals surface area contributed by atoms with Gasteiger partial charge in [0, 0.05) is 32.9 Å². The van der Waals surface area contributed by atoms with Crippen LogP contribution in [0.2, 0.25) is 0 Å². The van der Waals surface area contributed by atoms with Crippen molar-refractivity contribution in [2.45, 2.75) is 38.3 Å². The lowest BCUT2D eigenvalue weighted by molar-refractivity contribution is -0.200. The molecule has 5 heteroatoms. The number of hydrogen-bond donors (Lipinski definition) is 1. The quantitative estimate of drug-likeness (QED) is 0.893. The lowest BCUT2D eigenvalue weighted by Gasteiger charge is -2.70. The topological polar surface area (TPSA) is 60.9 Å². The standard InChI is InChI=1S/C23H26N2O3/c1-15-6-4-5-7-20(15)18-8-10-19(11-9-18)22-21(12-26)25(17(3)28)23(22)13-24(14-23)16(2)27/h4-11,21-22,26H,12-14H2,1-3H3/t21-,22+/m1/s1. The number of aryl methyl sites for hydroxylation is 1. The largest absolute Gasteiger partial charge is 0.394 e. The van der Waals surface area contributed by atoms with Crippen molar-refractivity contribution in [2.24, 2.45) is 0 Å². The van der Waals surface area contributed by atoms with Gasteiger partial charge in [0.1, 0.15) is 0 Å². The fourth-order valence-electron chi connectivity index (χ4n) is 5.12. The highest BCUT2D eigenvalue weighted by Crippen LogP contribution is 2.53. The Hall–Kier alpha value is -2.66. The molecule has 2 saturated heterocycles. The maximum absolute atomic E-state index is 12.2. The first-order valence-electron chi connectivity index (χ1n) is 9.71. The third-order valence-corrected chi connectivity index (χ3v) is 6.40. The van der Waals surface area contributed by atoms with Crippen molar-refractivity contribution < 1.29 is 14.7 Å². The summed E-state index contributed by atoms with van der Waals surface area (Å²) in [5, 5.41) is 9.96. The van der Waals surface area contributed by atoms with Gasteiger partial charge in [-0.15, -0.1) is 0 Å². The molecule has 0 bridgehead atoms. The minimum absolute atomic E-state index is 0.0234. The summed E-state index contributed by atoms with van der Waals surface area (Å²) in [5.41, 5.74) is 4.29. The molecule has 2 amide bonds. The van der Waals surface area contributed by atoms with E-state index in [2.05, 4.69) is 43.3 Å². The highest BCUT2D eigenvalue weighted by molar-refractivity contribution is 5.80. The second-order valence-corrected chi connectivity index (χ2v) is 8.03. The normalized spacial score (nSPS) is 22.6. The number of amides is 2. The third kappa shape index (κ3) is 2.65. The lowest BCUT2D eigenvalue weighted by atomic mass is 9.60. The van der Waals surface area contributed by atoms with Crippen LogP contribution in [0.5, 0.6) is 0 Å². The average Bonchev–Trinajstić information content (AvgIpc) is 2.60. The minimum atomic E-state index is -0.394. The summed E-state index contributed by atoms with van der Waals surface area (Å²) in [5.74, 6) is 0.00757. The molecule has 0 aromatic heterocycles. The van der Waals surface area contributed by atoms with Crippen LogP contribution >= 0.6 is 0 Å². The van der Waals surface area contributed by atoms with E-state index in [0.717, 1.165) is 11.1 Å². The van der Waals surface area contributed by atoms with Crippen LogP contribution in [0.4, 0.5) is 0 Å². The number of carbonyl (C=O) groups is 2. The maximum atomic E-state index is 12.2. The first kappa shape index (κ1) is 18.7. The second kappa shape index (κ2) is 6.74. The number of hydrogen-bond acceptors (Lipinski definition) is 3. The zero-order chi connectivity index (χ0) is 20.1. The highest BCUT2D eigenvalue weighted by Gasteiger charge is 2.67. The Kier molecular flexibility index (Phi) is 4.50. The molecule has 1 spiro atoms. The molecule has 2 aromatic rings. The molecule has 2 aliphatic rings. The number of likely N-dealkylation sites (tertiary alicyclic amines) is 2. The van der Waals surface area contributed by atoms with Crippen molar-refractivity contribution in [3.63, 3.8) is 0 Å². The monoisotopic (exact) mass is 378 g/mol. The van der Waals surface area contributed by atoms with Gasteiger partial charge in [0.05, 0.1) is 18.2 Å². The molecule has 0 saturated carbocycles. The molecule has 2 aliphatic heterocycles. The fraction of sp³-hybridized carbons (Fsp3) is 0.391. The van der Waals surface area contributed by atoms with Gasteiger partial charge in [0.15, 0.2) is 0 Å². The van der Waals surface area contributed by atoms with Gasteiger partial charge in [0.2, 0.25) is 11.8 Å². The summed E-state index contributed by atoms with van der Waals surface area (Å²) in [6.45, 7) is 6.18. The Morgan fingerprint density at radius 3 is 2.21 bits per heavy atom. The van der Waals surface area contributed by atoms with Crippen molar-refractivity contribution in [2.75, 3.05) is 19.7 Å². The van der Waals surface area contributed by atoms with Crippen molar-refractivity contribution >= 4 is 11.8 Å². The van der Waals surface area contributed by atoms with Gasteiger partial charge in [0.25, 0.3) is 0 Å². The second-order valence-electron chi connectivity index (χ2n) is 8.03. The molecule has 2 atom stereocenters. The van der Waals surface area contributed by atoms with E-state index in [1.807, 2.05) is 12.1 Å². The van der Waals surface area contributed by atoms with Crippen molar-refractivity contribution in [1.82, 2.24) is 9.80 Å². The number of aliphatic hydroxyl groups is 1. The zero-order valence-corrected chi connectivity index (χ0v) is 16.6. The van der Waals surface area contributed by atoms with E-state index in [1.165, 1.54) is 11.1 Å². The number of benzene rings is 2. The summed E-state index contributed by atoms with van der Waals surface area (Å²) < 4.78 is 0. The third-order valence-electron chi connectivity index (χ3n) is 6.40. The van der Waals surface area contributed by atoms with Gasteiger partial charge < -0.3 is 14.9 Å². The summed E-state index contributed by atoms with van der Waals surface area (Å²) in [6.07, 6.45) is 0. The van der Waals surface area contributed by atoms with E-state index in [0.29, 0.717) is 13.1 Å². The molecular weight excluding hydrogens is 352 g/mol. The van der Waals surface area contributed by atoms with Gasteiger partial charge in [-0.25, -0.2) is 0 Å². The number of rotatable bonds is 3. The molecule has 146 valence electrons. The molecule has 0 aliphatic carbocycles. The lowest BCUT2D eigenvalue weighted by Crippen LogP contribution is -2.85. The molecular formula is C23H26N2O3. The smallest absolute Gasteiger partial charge is 0.220 e. The Morgan fingerprint density at radius 2 is 1.68 bits per heavy atom. The van der Waals surface area contributed by atoms with E-state index < -0.39 is 5.54 Å². The molecule has 1 N–H and O–H groups in total. The van der Waals surface area contributed by atoms with E-state index in [9.17, 15) is 14.7 Å². The SMILES string of the molecule is CC(=O)N1CC2(C1)[C@@H](c1ccc(-c3ccccc3C)cc1)[C@@H](CO)N2C(C)=O. The van der Waals surface area contributed by atoms with Crippen molar-refractivity contribution in [1.29, 1.82) is 0 Å². The van der Waals surface area contributed by atoms with Crippen LogP contribution in [-0.4, -0.2) is 58.0 Å². The van der Waals surface area contributed by atoms with Gasteiger partial charge in [-0.3, -0.25) is 9.59 Å². The van der Waals surface area contributed by atoms with E-state index in [1.54, 1.807) is 23.6 Å². The summed E-state index contributed by atoms with van der Waals surface area (Å²) in [4.78, 5) is 27.5. The first-order valence-corrected chi connectivity index (χ1v) is 9.71. The van der Waals surface area contributed by atoms with Gasteiger partial charge >= 0.3 is 0 Å². The van der Waals surface area contributed by atoms with Crippen LogP contribution in [-0.2, 0) is 9.59 Å². The predicted octanol–water partition coefficient (Wildman–Crippen LogP) is 2.57. The first-order chi connectivity index (χ1) is 13.4. The van der Waals surface area contributed by atoms with E-state index >= 15 is 0 Å². The van der Waals surface area contributed by atoms with E-state index in [4.69, 9.17) is 0 Å². The molecule has 28 heavy (non-hydrogen) atoms. The Bertz CT molecular complexity index is 916. The number of aliphatic hydroxyl groups excluding tert-OH is 1. The zero-order valence-electron chi connectivity index (χ0n) is 16.6. The van der Waals surface area contributed by atoms with Gasteiger partial charge in [-0.1, -0.05) is 48.5 Å². The minimum Gasteiger partial charge on any atom is -0.394 e. The predicted molar refractivity (Wildman–Crippen MR) is 108 cm³/mol. The van der Waals surface area contributed by atoms with Gasteiger partial charge in [-0.2, -0.15) is 0 Å². The van der Waals surface area contributed by atoms with Crippen LogP contribution < -0.4 is 0 Å². The maximum Gasteiger partial charge on any atom is 0.220 e. The molecule has 0 radical (unpaired) electrons. The van der Waals surface area contributed by atoms with Crippen LogP contribution in [0, 0.1) is 6.92 Å². The molecule has 2 heterocycles. The summed E-state index contributed by atoms with van der Waals surface area (Å²) in [7, 11) is 0. The Morgan fingerprint density at radius 1 is 1.04 bits per heavy atom. The van der Waals surface area contributed by atoms with Crippen molar-refractivity contribution in [3.8, 4) is 11.1 Å². The van der Waals surface area contributed by atoms with Crippen LogP contribution in [0.3, 0.4) is 0 Å². The summed E-state index contributed by atoms with van der Waals surface area (Å²) in [6, 6.07) is 16.5. The molecule has 2 fully saturated rings. The molecule has 5 nitrogen and oxygen atoms in total. The Labute approximate surface area is 165 Å². The molecule has 0 unspecified atom stereocenters. The number of nitrogens with zero attached hydrogens (tertiary/aromatic N) is 2. The van der Waals surface area contributed by atoms with Crippen LogP contribution in [0.15, 0.2) is 48.5 Å². The summed E-state index contributed by atoms with van der Waals surface area (Å²) >= 11 is 0. The number of carbonyl (C=O) groups excluding carboxylic acids is 2. The van der Waals surface area contributed by atoms with Crippen LogP contribution in [0.1, 0.15) is 30.9 Å². The molecule has 4 rings (SSSR count).